The number of halogens is 4. The largest absolute Gasteiger partial charge is 0.490 e. The SMILES string of the molecule is Cn1cnc2c(-c3cc(F)c(OCCC4CCN(C(=O)OC(C)(C)C)CC4)c(C(F)(F)F)c3)nc(C#N)nc21. The molecule has 0 aliphatic carbocycles. The number of benzene rings is 1. The van der Waals surface area contributed by atoms with Crippen molar-refractivity contribution in [3.05, 3.63) is 35.7 Å². The molecule has 0 saturated carbocycles. The highest BCUT2D eigenvalue weighted by atomic mass is 19.4. The highest BCUT2D eigenvalue weighted by Gasteiger charge is 2.37. The second-order valence-corrected chi connectivity index (χ2v) is 10.4. The van der Waals surface area contributed by atoms with Crippen LogP contribution in [0.25, 0.3) is 22.4 Å². The summed E-state index contributed by atoms with van der Waals surface area (Å²) in [5.74, 6) is -2.29. The van der Waals surface area contributed by atoms with E-state index in [1.165, 1.54) is 10.9 Å². The number of nitrogens with zero attached hydrogens (tertiary/aromatic N) is 6. The van der Waals surface area contributed by atoms with Crippen LogP contribution in [0.3, 0.4) is 0 Å². The normalized spacial score (nSPS) is 14.9. The number of nitriles is 1. The van der Waals surface area contributed by atoms with Crippen molar-refractivity contribution in [1.82, 2.24) is 24.4 Å². The molecular weight excluding hydrogens is 520 g/mol. The molecule has 39 heavy (non-hydrogen) atoms. The summed E-state index contributed by atoms with van der Waals surface area (Å²) in [6, 6.07) is 3.40. The van der Waals surface area contributed by atoms with Gasteiger partial charge in [-0.3, -0.25) is 0 Å². The molecule has 0 bridgehead atoms. The number of carbonyl (C=O) groups is 1. The third-order valence-electron chi connectivity index (χ3n) is 6.32. The molecule has 0 N–H and O–H groups in total. The van der Waals surface area contributed by atoms with Crippen LogP contribution in [-0.2, 0) is 18.0 Å². The maximum atomic E-state index is 15.1. The molecule has 3 aromatic rings. The zero-order valence-electron chi connectivity index (χ0n) is 22.0. The van der Waals surface area contributed by atoms with Gasteiger partial charge in [0.25, 0.3) is 0 Å². The number of aromatic nitrogens is 4. The lowest BCUT2D eigenvalue weighted by atomic mass is 9.94. The van der Waals surface area contributed by atoms with Crippen molar-refractivity contribution >= 4 is 17.3 Å². The van der Waals surface area contributed by atoms with E-state index in [0.29, 0.717) is 32.4 Å². The predicted molar refractivity (Wildman–Crippen MR) is 132 cm³/mol. The number of piperidine rings is 1. The number of hydrogen-bond donors (Lipinski definition) is 0. The van der Waals surface area contributed by atoms with E-state index in [0.717, 1.165) is 12.1 Å². The number of carbonyl (C=O) groups excluding carboxylic acids is 1. The second-order valence-electron chi connectivity index (χ2n) is 10.4. The molecule has 0 unspecified atom stereocenters. The number of hydrogen-bond acceptors (Lipinski definition) is 7. The maximum Gasteiger partial charge on any atom is 0.420 e. The van der Waals surface area contributed by atoms with Crippen molar-refractivity contribution in [2.24, 2.45) is 13.0 Å². The van der Waals surface area contributed by atoms with Gasteiger partial charge in [-0.25, -0.2) is 19.2 Å². The molecule has 13 heteroatoms. The lowest BCUT2D eigenvalue weighted by Crippen LogP contribution is -2.41. The van der Waals surface area contributed by atoms with Gasteiger partial charge in [-0.1, -0.05) is 0 Å². The van der Waals surface area contributed by atoms with Crippen molar-refractivity contribution in [2.45, 2.75) is 51.8 Å². The van der Waals surface area contributed by atoms with Gasteiger partial charge >= 0.3 is 12.3 Å². The van der Waals surface area contributed by atoms with Crippen molar-refractivity contribution in [2.75, 3.05) is 19.7 Å². The Hall–Kier alpha value is -3.95. The zero-order valence-corrected chi connectivity index (χ0v) is 22.0. The summed E-state index contributed by atoms with van der Waals surface area (Å²) in [5, 5.41) is 9.27. The second kappa shape index (κ2) is 10.7. The van der Waals surface area contributed by atoms with Gasteiger partial charge in [0, 0.05) is 25.7 Å². The highest BCUT2D eigenvalue weighted by molar-refractivity contribution is 5.88. The van der Waals surface area contributed by atoms with Crippen LogP contribution in [0.15, 0.2) is 18.5 Å². The van der Waals surface area contributed by atoms with Gasteiger partial charge < -0.3 is 18.9 Å². The van der Waals surface area contributed by atoms with E-state index in [2.05, 4.69) is 15.0 Å². The van der Waals surface area contributed by atoms with Crippen molar-refractivity contribution in [3.63, 3.8) is 0 Å². The van der Waals surface area contributed by atoms with Crippen LogP contribution in [0.1, 0.15) is 51.4 Å². The monoisotopic (exact) mass is 548 g/mol. The molecular formula is C26H28F4N6O3. The van der Waals surface area contributed by atoms with E-state index >= 15 is 4.39 Å². The van der Waals surface area contributed by atoms with E-state index in [9.17, 15) is 23.2 Å². The number of aryl methyl sites for hydroxylation is 1. The Morgan fingerprint density at radius 1 is 1.18 bits per heavy atom. The third kappa shape index (κ3) is 6.38. The first-order chi connectivity index (χ1) is 18.3. The summed E-state index contributed by atoms with van der Waals surface area (Å²) in [6.07, 6.45) is -2.29. The lowest BCUT2D eigenvalue weighted by molar-refractivity contribution is -0.139. The fraction of sp³-hybridized carbons (Fsp3) is 0.500. The first-order valence-electron chi connectivity index (χ1n) is 12.4. The van der Waals surface area contributed by atoms with Crippen LogP contribution in [0.4, 0.5) is 22.4 Å². The molecule has 1 amide bonds. The number of amides is 1. The number of alkyl halides is 3. The van der Waals surface area contributed by atoms with Gasteiger partial charge in [0.2, 0.25) is 5.82 Å². The van der Waals surface area contributed by atoms with Gasteiger partial charge in [-0.2, -0.15) is 23.4 Å². The Morgan fingerprint density at radius 2 is 1.87 bits per heavy atom. The van der Waals surface area contributed by atoms with Crippen LogP contribution in [0.5, 0.6) is 5.75 Å². The Morgan fingerprint density at radius 3 is 2.49 bits per heavy atom. The van der Waals surface area contributed by atoms with Crippen LogP contribution in [-0.4, -0.2) is 55.8 Å². The highest BCUT2D eigenvalue weighted by Crippen LogP contribution is 2.41. The first-order valence-corrected chi connectivity index (χ1v) is 12.4. The smallest absolute Gasteiger partial charge is 0.420 e. The quantitative estimate of drug-likeness (QED) is 0.389. The van der Waals surface area contributed by atoms with Crippen LogP contribution < -0.4 is 4.74 Å². The van der Waals surface area contributed by atoms with Crippen molar-refractivity contribution in [3.8, 4) is 23.1 Å². The van der Waals surface area contributed by atoms with E-state index in [-0.39, 0.29) is 40.8 Å². The molecule has 0 spiro atoms. The summed E-state index contributed by atoms with van der Waals surface area (Å²) in [4.78, 5) is 26.0. The van der Waals surface area contributed by atoms with Crippen LogP contribution in [0.2, 0.25) is 0 Å². The molecule has 0 atom stereocenters. The van der Waals surface area contributed by atoms with Crippen LogP contribution in [0, 0.1) is 23.1 Å². The Kier molecular flexibility index (Phi) is 7.68. The Bertz CT molecular complexity index is 1420. The predicted octanol–water partition coefficient (Wildman–Crippen LogP) is 5.48. The Labute approximate surface area is 222 Å². The molecule has 208 valence electrons. The third-order valence-corrected chi connectivity index (χ3v) is 6.32. The molecule has 4 rings (SSSR count). The molecule has 1 aliphatic rings. The van der Waals surface area contributed by atoms with E-state index in [4.69, 9.17) is 9.47 Å². The molecule has 1 aromatic carbocycles. The molecule has 9 nitrogen and oxygen atoms in total. The number of likely N-dealkylation sites (tertiary alicyclic amines) is 1. The zero-order chi connectivity index (χ0) is 28.5. The average Bonchev–Trinajstić information content (AvgIpc) is 3.23. The number of ether oxygens (including phenoxy) is 2. The fourth-order valence-electron chi connectivity index (χ4n) is 4.40. The summed E-state index contributed by atoms with van der Waals surface area (Å²) in [5.41, 5.74) is -1.83. The standard InChI is InChI=1S/C26H28F4N6O3/c1-25(2,3)39-24(37)36-8-5-15(6-9-36)7-10-38-22-17(26(28,29)30)11-16(12-18(22)27)20-21-23(35(4)14-32-21)34-19(13-31)33-20/h11-12,14-15H,5-10H2,1-4H3. The number of rotatable bonds is 5. The van der Waals surface area contributed by atoms with Crippen LogP contribution >= 0.6 is 0 Å². The summed E-state index contributed by atoms with van der Waals surface area (Å²) in [7, 11) is 1.60. The topological polar surface area (TPSA) is 106 Å². The maximum absolute atomic E-state index is 15.1. The van der Waals surface area contributed by atoms with Gasteiger partial charge in [0.05, 0.1) is 12.9 Å². The van der Waals surface area contributed by atoms with Crippen molar-refractivity contribution in [1.29, 1.82) is 5.26 Å². The molecule has 1 aliphatic heterocycles. The molecule has 1 saturated heterocycles. The van der Waals surface area contributed by atoms with Gasteiger partial charge in [0.15, 0.2) is 17.2 Å². The van der Waals surface area contributed by atoms with E-state index in [1.807, 2.05) is 0 Å². The molecule has 0 radical (unpaired) electrons. The van der Waals surface area contributed by atoms with E-state index < -0.39 is 35.0 Å². The summed E-state index contributed by atoms with van der Waals surface area (Å²) >= 11 is 0. The lowest BCUT2D eigenvalue weighted by Gasteiger charge is -2.33. The summed E-state index contributed by atoms with van der Waals surface area (Å²) < 4.78 is 69.4. The number of imidazole rings is 1. The molecule has 1 fully saturated rings. The average molecular weight is 549 g/mol. The molecule has 3 heterocycles. The van der Waals surface area contributed by atoms with Gasteiger partial charge in [-0.15, -0.1) is 0 Å². The minimum absolute atomic E-state index is 0.0927. The van der Waals surface area contributed by atoms with Gasteiger partial charge in [0.1, 0.15) is 28.4 Å². The number of fused-ring (bicyclic) bond motifs is 1. The van der Waals surface area contributed by atoms with Gasteiger partial charge in [-0.05, 0) is 58.1 Å². The summed E-state index contributed by atoms with van der Waals surface area (Å²) in [6.45, 7) is 6.14. The fourth-order valence-corrected chi connectivity index (χ4v) is 4.40. The Balaban J connectivity index is 1.50. The molecule has 2 aromatic heterocycles. The minimum atomic E-state index is -4.92. The minimum Gasteiger partial charge on any atom is -0.490 e. The van der Waals surface area contributed by atoms with Crippen molar-refractivity contribution < 1.29 is 31.8 Å². The van der Waals surface area contributed by atoms with E-state index in [1.54, 1.807) is 38.8 Å². The first kappa shape index (κ1) is 28.1.